The van der Waals surface area contributed by atoms with Crippen molar-refractivity contribution in [3.8, 4) is 0 Å². The number of benzene rings is 2. The molecule has 3 amide bonds. The van der Waals surface area contributed by atoms with Crippen LogP contribution >= 0.6 is 0 Å². The Kier molecular flexibility index (Phi) is 5.83. The Morgan fingerprint density at radius 3 is 2.18 bits per heavy atom. The number of aryl methyl sites for hydroxylation is 1. The maximum atomic E-state index is 12.8. The van der Waals surface area contributed by atoms with Gasteiger partial charge in [0, 0.05) is 12.6 Å². The Morgan fingerprint density at radius 1 is 1.00 bits per heavy atom. The van der Waals surface area contributed by atoms with E-state index in [1.165, 1.54) is 16.9 Å². The average Bonchev–Trinajstić information content (AvgIpc) is 3.31. The smallest absolute Gasteiger partial charge is 0.341 e. The molecule has 0 saturated carbocycles. The van der Waals surface area contributed by atoms with Crippen LogP contribution in [0.1, 0.15) is 58.5 Å². The predicted octanol–water partition coefficient (Wildman–Crippen LogP) is 3.44. The molecule has 168 valence electrons. The highest BCUT2D eigenvalue weighted by Crippen LogP contribution is 2.24. The molecule has 1 aliphatic heterocycles. The highest BCUT2D eigenvalue weighted by molar-refractivity contribution is 6.21. The number of nitrogens with zero attached hydrogens (tertiary/aromatic N) is 2. The topological polar surface area (TPSA) is 97.1 Å². The van der Waals surface area contributed by atoms with Crippen LogP contribution in [0.15, 0.2) is 59.0 Å². The summed E-state index contributed by atoms with van der Waals surface area (Å²) in [6.45, 7) is 1.96. The second-order valence-corrected chi connectivity index (χ2v) is 7.77. The van der Waals surface area contributed by atoms with Crippen LogP contribution in [-0.4, -0.2) is 47.6 Å². The Labute approximate surface area is 190 Å². The number of imide groups is 1. The van der Waals surface area contributed by atoms with Crippen LogP contribution in [-0.2, 0) is 17.8 Å². The number of hydrogen-bond donors (Lipinski definition) is 0. The molecule has 8 nitrogen and oxygen atoms in total. The largest absolute Gasteiger partial charge is 0.465 e. The summed E-state index contributed by atoms with van der Waals surface area (Å²) in [5.41, 5.74) is 2.30. The summed E-state index contributed by atoms with van der Waals surface area (Å²) in [6, 6.07) is 15.0. The zero-order valence-corrected chi connectivity index (χ0v) is 18.5. The molecule has 0 atom stereocenters. The molecule has 0 N–H and O–H groups in total. The molecule has 1 aromatic heterocycles. The van der Waals surface area contributed by atoms with Gasteiger partial charge in [0.1, 0.15) is 17.1 Å². The summed E-state index contributed by atoms with van der Waals surface area (Å²) >= 11 is 0. The minimum absolute atomic E-state index is 0.124. The molecular formula is C25H22N2O6. The van der Waals surface area contributed by atoms with E-state index >= 15 is 0 Å². The summed E-state index contributed by atoms with van der Waals surface area (Å²) < 4.78 is 10.3. The van der Waals surface area contributed by atoms with Crippen LogP contribution in [0.25, 0.3) is 0 Å². The SMILES string of the molecule is COC(=O)c1cc(CN(C)C(=O)c2ccc(CN3C(=O)c4ccccc4C3=O)cc2)oc1C. The molecule has 3 aromatic rings. The molecule has 2 aromatic carbocycles. The number of methoxy groups -OCH3 is 1. The fraction of sp³-hybridized carbons (Fsp3) is 0.200. The number of esters is 1. The van der Waals surface area contributed by atoms with E-state index in [9.17, 15) is 19.2 Å². The third kappa shape index (κ3) is 4.15. The monoisotopic (exact) mass is 446 g/mol. The first-order valence-corrected chi connectivity index (χ1v) is 10.3. The number of rotatable bonds is 6. The lowest BCUT2D eigenvalue weighted by Crippen LogP contribution is -2.29. The second kappa shape index (κ2) is 8.74. The Hall–Kier alpha value is -4.20. The molecule has 0 unspecified atom stereocenters. The summed E-state index contributed by atoms with van der Waals surface area (Å²) in [4.78, 5) is 52.3. The first kappa shape index (κ1) is 22.0. The molecule has 2 heterocycles. The van der Waals surface area contributed by atoms with E-state index in [1.54, 1.807) is 68.6 Å². The van der Waals surface area contributed by atoms with Gasteiger partial charge < -0.3 is 14.1 Å². The molecule has 0 spiro atoms. The highest BCUT2D eigenvalue weighted by atomic mass is 16.5. The summed E-state index contributed by atoms with van der Waals surface area (Å²) in [5, 5.41) is 0. The number of fused-ring (bicyclic) bond motifs is 1. The maximum Gasteiger partial charge on any atom is 0.341 e. The van der Waals surface area contributed by atoms with E-state index in [0.717, 1.165) is 5.56 Å². The standard InChI is InChI=1S/C25H22N2O6/c1-15-21(25(31)32-3)12-18(33-15)14-26(2)22(28)17-10-8-16(9-11-17)13-27-23(29)19-6-4-5-7-20(19)24(27)30/h4-12H,13-14H2,1-3H3. The van der Waals surface area contributed by atoms with Crippen LogP contribution in [0.4, 0.5) is 0 Å². The van der Waals surface area contributed by atoms with Crippen molar-refractivity contribution < 1.29 is 28.3 Å². The van der Waals surface area contributed by atoms with Crippen molar-refractivity contribution >= 4 is 23.7 Å². The Morgan fingerprint density at radius 2 is 1.61 bits per heavy atom. The molecular weight excluding hydrogens is 424 g/mol. The van der Waals surface area contributed by atoms with Gasteiger partial charge in [0.25, 0.3) is 17.7 Å². The normalized spacial score (nSPS) is 12.6. The first-order valence-electron chi connectivity index (χ1n) is 10.3. The van der Waals surface area contributed by atoms with E-state index in [0.29, 0.717) is 33.8 Å². The van der Waals surface area contributed by atoms with Gasteiger partial charge in [-0.3, -0.25) is 19.3 Å². The van der Waals surface area contributed by atoms with Crippen LogP contribution in [0, 0.1) is 6.92 Å². The number of carbonyl (C=O) groups is 4. The van der Waals surface area contributed by atoms with Gasteiger partial charge in [-0.15, -0.1) is 0 Å². The molecule has 4 rings (SSSR count). The van der Waals surface area contributed by atoms with Crippen LogP contribution in [0.5, 0.6) is 0 Å². The fourth-order valence-corrected chi connectivity index (χ4v) is 3.78. The van der Waals surface area contributed by atoms with Gasteiger partial charge in [0.05, 0.1) is 31.3 Å². The van der Waals surface area contributed by atoms with Gasteiger partial charge in [-0.25, -0.2) is 4.79 Å². The number of amides is 3. The maximum absolute atomic E-state index is 12.8. The van der Waals surface area contributed by atoms with Crippen molar-refractivity contribution in [1.82, 2.24) is 9.80 Å². The lowest BCUT2D eigenvalue weighted by atomic mass is 10.1. The van der Waals surface area contributed by atoms with Crippen LogP contribution < -0.4 is 0 Å². The summed E-state index contributed by atoms with van der Waals surface area (Å²) in [6.07, 6.45) is 0. The zero-order valence-electron chi connectivity index (χ0n) is 18.5. The second-order valence-electron chi connectivity index (χ2n) is 7.77. The van der Waals surface area contributed by atoms with Crippen molar-refractivity contribution in [2.45, 2.75) is 20.0 Å². The number of ether oxygens (including phenoxy) is 1. The fourth-order valence-electron chi connectivity index (χ4n) is 3.78. The molecule has 0 bridgehead atoms. The molecule has 0 aliphatic carbocycles. The van der Waals surface area contributed by atoms with Gasteiger partial charge in [0.15, 0.2) is 0 Å². The molecule has 33 heavy (non-hydrogen) atoms. The van der Waals surface area contributed by atoms with E-state index < -0.39 is 5.97 Å². The van der Waals surface area contributed by atoms with Crippen LogP contribution in [0.2, 0.25) is 0 Å². The van der Waals surface area contributed by atoms with Gasteiger partial charge in [-0.2, -0.15) is 0 Å². The van der Waals surface area contributed by atoms with E-state index in [1.807, 2.05) is 0 Å². The molecule has 0 radical (unpaired) electrons. The van der Waals surface area contributed by atoms with E-state index in [2.05, 4.69) is 0 Å². The van der Waals surface area contributed by atoms with Crippen molar-refractivity contribution in [1.29, 1.82) is 0 Å². The lowest BCUT2D eigenvalue weighted by molar-refractivity contribution is 0.0595. The summed E-state index contributed by atoms with van der Waals surface area (Å²) in [7, 11) is 2.92. The number of carbonyl (C=O) groups excluding carboxylic acids is 4. The lowest BCUT2D eigenvalue weighted by Gasteiger charge is -2.17. The third-order valence-electron chi connectivity index (χ3n) is 5.53. The highest BCUT2D eigenvalue weighted by Gasteiger charge is 2.34. The van der Waals surface area contributed by atoms with Gasteiger partial charge >= 0.3 is 5.97 Å². The molecule has 0 saturated heterocycles. The first-order chi connectivity index (χ1) is 15.8. The number of furan rings is 1. The van der Waals surface area contributed by atoms with Crippen molar-refractivity contribution in [2.24, 2.45) is 0 Å². The molecule has 0 fully saturated rings. The van der Waals surface area contributed by atoms with Crippen molar-refractivity contribution in [2.75, 3.05) is 14.2 Å². The van der Waals surface area contributed by atoms with Crippen molar-refractivity contribution in [3.05, 3.63) is 93.9 Å². The predicted molar refractivity (Wildman–Crippen MR) is 118 cm³/mol. The van der Waals surface area contributed by atoms with Gasteiger partial charge in [-0.05, 0) is 42.8 Å². The number of hydrogen-bond acceptors (Lipinski definition) is 6. The summed E-state index contributed by atoms with van der Waals surface area (Å²) in [5.74, 6) is -0.492. The molecule has 8 heteroatoms. The Bertz CT molecular complexity index is 1220. The Balaban J connectivity index is 1.42. The third-order valence-corrected chi connectivity index (χ3v) is 5.53. The van der Waals surface area contributed by atoms with Crippen molar-refractivity contribution in [3.63, 3.8) is 0 Å². The molecule has 1 aliphatic rings. The van der Waals surface area contributed by atoms with Crippen LogP contribution in [0.3, 0.4) is 0 Å². The quantitative estimate of drug-likeness (QED) is 0.425. The minimum atomic E-state index is -0.495. The minimum Gasteiger partial charge on any atom is -0.465 e. The average molecular weight is 446 g/mol. The van der Waals surface area contributed by atoms with E-state index in [-0.39, 0.29) is 30.8 Å². The van der Waals surface area contributed by atoms with Gasteiger partial charge in [-0.1, -0.05) is 24.3 Å². The van der Waals surface area contributed by atoms with E-state index in [4.69, 9.17) is 9.15 Å². The van der Waals surface area contributed by atoms with Gasteiger partial charge in [0.2, 0.25) is 0 Å². The zero-order chi connectivity index (χ0) is 23.7.